The van der Waals surface area contributed by atoms with Crippen molar-refractivity contribution in [2.24, 2.45) is 0 Å². The molecule has 2 atom stereocenters. The van der Waals surface area contributed by atoms with Gasteiger partial charge in [-0.3, -0.25) is 0 Å². The van der Waals surface area contributed by atoms with Crippen molar-refractivity contribution in [3.05, 3.63) is 22.4 Å². The van der Waals surface area contributed by atoms with Crippen molar-refractivity contribution in [1.29, 1.82) is 0 Å². The Hall–Kier alpha value is -0.340. The average molecular weight is 181 g/mol. The van der Waals surface area contributed by atoms with E-state index in [-0.39, 0.29) is 0 Å². The molecule has 1 aromatic heterocycles. The molecule has 0 amide bonds. The fourth-order valence-corrected chi connectivity index (χ4v) is 2.74. The molecule has 1 nitrogen and oxygen atoms in total. The van der Waals surface area contributed by atoms with Crippen LogP contribution in [0.3, 0.4) is 0 Å². The zero-order chi connectivity index (χ0) is 8.39. The number of hydrogen-bond acceptors (Lipinski definition) is 2. The molecular weight excluding hydrogens is 166 g/mol. The van der Waals surface area contributed by atoms with E-state index in [1.807, 2.05) is 11.3 Å². The topological polar surface area (TPSA) is 12.0 Å². The molecular formula is C10H15NS. The van der Waals surface area contributed by atoms with Gasteiger partial charge in [-0.1, -0.05) is 13.0 Å². The lowest BCUT2D eigenvalue weighted by Gasteiger charge is -2.17. The van der Waals surface area contributed by atoms with Crippen molar-refractivity contribution in [3.63, 3.8) is 0 Å². The van der Waals surface area contributed by atoms with E-state index in [2.05, 4.69) is 29.8 Å². The molecule has 1 fully saturated rings. The van der Waals surface area contributed by atoms with Crippen molar-refractivity contribution in [1.82, 2.24) is 5.32 Å². The van der Waals surface area contributed by atoms with Gasteiger partial charge in [-0.2, -0.15) is 0 Å². The third kappa shape index (κ3) is 1.54. The molecule has 0 aliphatic carbocycles. The normalized spacial score (nSPS) is 25.9. The Morgan fingerprint density at radius 2 is 2.58 bits per heavy atom. The highest BCUT2D eigenvalue weighted by Gasteiger charge is 2.22. The molecule has 66 valence electrons. The van der Waals surface area contributed by atoms with E-state index in [9.17, 15) is 0 Å². The minimum atomic E-state index is 0.701. The second-order valence-electron chi connectivity index (χ2n) is 3.51. The average Bonchev–Trinajstić information content (AvgIpc) is 2.77. The monoisotopic (exact) mass is 181 g/mol. The number of rotatable bonds is 2. The summed E-state index contributed by atoms with van der Waals surface area (Å²) in [4.78, 5) is 1.52. The van der Waals surface area contributed by atoms with Crippen LogP contribution >= 0.6 is 11.3 Å². The predicted octanol–water partition coefficient (Wildman–Crippen LogP) is 2.60. The van der Waals surface area contributed by atoms with Crippen LogP contribution in [0.1, 0.15) is 30.6 Å². The molecule has 2 heterocycles. The number of thiophene rings is 1. The molecule has 0 spiro atoms. The molecule has 1 aromatic rings. The SMILES string of the molecule is CC(c1cccs1)C1CCCN1. The second-order valence-corrected chi connectivity index (χ2v) is 4.49. The van der Waals surface area contributed by atoms with Gasteiger partial charge < -0.3 is 5.32 Å². The predicted molar refractivity (Wildman–Crippen MR) is 53.8 cm³/mol. The zero-order valence-electron chi connectivity index (χ0n) is 7.42. The molecule has 0 radical (unpaired) electrons. The van der Waals surface area contributed by atoms with Crippen LogP contribution in [-0.2, 0) is 0 Å². The molecule has 12 heavy (non-hydrogen) atoms. The third-order valence-corrected chi connectivity index (χ3v) is 3.77. The first-order valence-corrected chi connectivity index (χ1v) is 5.52. The molecule has 1 N–H and O–H groups in total. The Morgan fingerprint density at radius 1 is 1.67 bits per heavy atom. The summed E-state index contributed by atoms with van der Waals surface area (Å²) >= 11 is 1.88. The third-order valence-electron chi connectivity index (χ3n) is 2.69. The van der Waals surface area contributed by atoms with E-state index < -0.39 is 0 Å². The maximum absolute atomic E-state index is 3.55. The van der Waals surface area contributed by atoms with Gasteiger partial charge in [0.1, 0.15) is 0 Å². The van der Waals surface area contributed by atoms with Gasteiger partial charge >= 0.3 is 0 Å². The fraction of sp³-hybridized carbons (Fsp3) is 0.600. The Morgan fingerprint density at radius 3 is 3.17 bits per heavy atom. The minimum absolute atomic E-state index is 0.701. The van der Waals surface area contributed by atoms with Gasteiger partial charge in [0.15, 0.2) is 0 Å². The van der Waals surface area contributed by atoms with Crippen LogP contribution in [0.15, 0.2) is 17.5 Å². The number of hydrogen-bond donors (Lipinski definition) is 1. The first-order valence-electron chi connectivity index (χ1n) is 4.65. The van der Waals surface area contributed by atoms with Gasteiger partial charge in [-0.25, -0.2) is 0 Å². The standard InChI is InChI=1S/C10H15NS/c1-8(9-4-2-6-11-9)10-5-3-7-12-10/h3,5,7-9,11H,2,4,6H2,1H3. The summed E-state index contributed by atoms with van der Waals surface area (Å²) in [6.45, 7) is 3.54. The summed E-state index contributed by atoms with van der Waals surface area (Å²) in [5.41, 5.74) is 0. The lowest BCUT2D eigenvalue weighted by atomic mass is 9.99. The van der Waals surface area contributed by atoms with E-state index >= 15 is 0 Å². The van der Waals surface area contributed by atoms with E-state index in [4.69, 9.17) is 0 Å². The van der Waals surface area contributed by atoms with Crippen molar-refractivity contribution in [2.75, 3.05) is 6.54 Å². The highest BCUT2D eigenvalue weighted by molar-refractivity contribution is 7.10. The van der Waals surface area contributed by atoms with Crippen molar-refractivity contribution in [3.8, 4) is 0 Å². The van der Waals surface area contributed by atoms with Crippen LogP contribution < -0.4 is 5.32 Å². The molecule has 0 aromatic carbocycles. The van der Waals surface area contributed by atoms with Crippen LogP contribution in [-0.4, -0.2) is 12.6 Å². The largest absolute Gasteiger partial charge is 0.313 e. The summed E-state index contributed by atoms with van der Waals surface area (Å²) in [6.07, 6.45) is 2.69. The van der Waals surface area contributed by atoms with Crippen molar-refractivity contribution >= 4 is 11.3 Å². The molecule has 2 unspecified atom stereocenters. The Bertz CT molecular complexity index is 224. The molecule has 1 aliphatic heterocycles. The summed E-state index contributed by atoms with van der Waals surface area (Å²) < 4.78 is 0. The van der Waals surface area contributed by atoms with Crippen molar-refractivity contribution < 1.29 is 0 Å². The maximum Gasteiger partial charge on any atom is 0.0141 e. The Labute approximate surface area is 77.8 Å². The molecule has 0 saturated carbocycles. The molecule has 1 aliphatic rings. The van der Waals surface area contributed by atoms with Gasteiger partial charge in [-0.05, 0) is 30.8 Å². The van der Waals surface area contributed by atoms with Gasteiger partial charge in [0.2, 0.25) is 0 Å². The minimum Gasteiger partial charge on any atom is -0.313 e. The molecule has 0 bridgehead atoms. The van der Waals surface area contributed by atoms with Crippen molar-refractivity contribution in [2.45, 2.75) is 31.7 Å². The smallest absolute Gasteiger partial charge is 0.0141 e. The van der Waals surface area contributed by atoms with E-state index in [0.29, 0.717) is 5.92 Å². The van der Waals surface area contributed by atoms with Gasteiger partial charge in [0.05, 0.1) is 0 Å². The lowest BCUT2D eigenvalue weighted by molar-refractivity contribution is 0.523. The highest BCUT2D eigenvalue weighted by Crippen LogP contribution is 2.27. The number of nitrogens with one attached hydrogen (secondary N) is 1. The van der Waals surface area contributed by atoms with Crippen LogP contribution in [0.25, 0.3) is 0 Å². The Balaban J connectivity index is 2.04. The first kappa shape index (κ1) is 8.27. The molecule has 1 saturated heterocycles. The fourth-order valence-electron chi connectivity index (χ4n) is 1.89. The molecule has 2 rings (SSSR count). The maximum atomic E-state index is 3.55. The summed E-state index contributed by atoms with van der Waals surface area (Å²) in [6, 6.07) is 5.12. The van der Waals surface area contributed by atoms with Gasteiger partial charge in [0.25, 0.3) is 0 Å². The Kier molecular flexibility index (Phi) is 2.47. The van der Waals surface area contributed by atoms with Crippen LogP contribution in [0, 0.1) is 0 Å². The lowest BCUT2D eigenvalue weighted by Crippen LogP contribution is -2.26. The quantitative estimate of drug-likeness (QED) is 0.739. The highest BCUT2D eigenvalue weighted by atomic mass is 32.1. The second kappa shape index (κ2) is 3.58. The van der Waals surface area contributed by atoms with E-state index in [0.717, 1.165) is 6.04 Å². The van der Waals surface area contributed by atoms with E-state index in [1.165, 1.54) is 24.3 Å². The van der Waals surface area contributed by atoms with Gasteiger partial charge in [-0.15, -0.1) is 11.3 Å². The molecule has 2 heteroatoms. The zero-order valence-corrected chi connectivity index (χ0v) is 8.23. The van der Waals surface area contributed by atoms with E-state index in [1.54, 1.807) is 0 Å². The van der Waals surface area contributed by atoms with Crippen LogP contribution in [0.5, 0.6) is 0 Å². The summed E-state index contributed by atoms with van der Waals surface area (Å²) in [5, 5.41) is 5.72. The summed E-state index contributed by atoms with van der Waals surface area (Å²) in [5.74, 6) is 0.701. The first-order chi connectivity index (χ1) is 5.88. The summed E-state index contributed by atoms with van der Waals surface area (Å²) in [7, 11) is 0. The van der Waals surface area contributed by atoms with Crippen LogP contribution in [0.2, 0.25) is 0 Å². The van der Waals surface area contributed by atoms with Gasteiger partial charge in [0, 0.05) is 16.8 Å². The van der Waals surface area contributed by atoms with Crippen LogP contribution in [0.4, 0.5) is 0 Å².